The zero-order chi connectivity index (χ0) is 40.8. The molecule has 3 atom stereocenters. The topological polar surface area (TPSA) is 82.6 Å². The van der Waals surface area contributed by atoms with Gasteiger partial charge in [-0.3, -0.25) is 19.4 Å². The minimum absolute atomic E-state index is 0.0334. The Morgan fingerprint density at radius 2 is 1.32 bits per heavy atom. The van der Waals surface area contributed by atoms with Gasteiger partial charge in [-0.15, -0.1) is 0 Å². The van der Waals surface area contributed by atoms with Gasteiger partial charge in [0.05, 0.1) is 32.0 Å². The second-order valence-electron chi connectivity index (χ2n) is 17.1. The van der Waals surface area contributed by atoms with E-state index >= 15 is 4.79 Å². The number of thiocarbonyl (C=S) groups is 1. The maximum absolute atomic E-state index is 15.5. The van der Waals surface area contributed by atoms with Crippen LogP contribution in [0.1, 0.15) is 79.7 Å². The fraction of sp³-hybridized carbons (Fsp3) is 0.479. The number of likely N-dealkylation sites (N-methyl/N-ethyl adjacent to an activating group) is 1. The molecule has 2 saturated heterocycles. The Morgan fingerprint density at radius 3 is 1.89 bits per heavy atom. The van der Waals surface area contributed by atoms with Crippen molar-refractivity contribution >= 4 is 34.3 Å². The van der Waals surface area contributed by atoms with Crippen molar-refractivity contribution in [3.8, 4) is 0 Å². The van der Waals surface area contributed by atoms with Crippen LogP contribution >= 0.6 is 12.2 Å². The van der Waals surface area contributed by atoms with Gasteiger partial charge >= 0.3 is 0 Å². The number of allylic oxidation sites excluding steroid dienone is 3. The fourth-order valence-electron chi connectivity index (χ4n) is 9.45. The van der Waals surface area contributed by atoms with Crippen LogP contribution in [0.4, 0.5) is 5.69 Å². The molecule has 9 heteroatoms. The molecule has 57 heavy (non-hydrogen) atoms. The van der Waals surface area contributed by atoms with Crippen LogP contribution in [0.3, 0.4) is 0 Å². The largest absolute Gasteiger partial charge is 0.382 e. The fourth-order valence-corrected chi connectivity index (χ4v) is 9.94. The summed E-state index contributed by atoms with van der Waals surface area (Å²) in [6.07, 6.45) is 6.37. The monoisotopic (exact) mass is 791 g/mol. The van der Waals surface area contributed by atoms with Gasteiger partial charge in [0, 0.05) is 65.2 Å². The zero-order valence-electron chi connectivity index (χ0n) is 34.8. The molecule has 304 valence electrons. The number of carbonyl (C=O) groups is 2. The molecule has 3 aromatic rings. The molecule has 2 heterocycles. The zero-order valence-corrected chi connectivity index (χ0v) is 35.6. The minimum atomic E-state index is -1.77. The molecule has 0 aromatic heterocycles. The van der Waals surface area contributed by atoms with Gasteiger partial charge in [-0.25, -0.2) is 0 Å². The highest BCUT2D eigenvalue weighted by Crippen LogP contribution is 2.55. The first-order chi connectivity index (χ1) is 27.2. The molecule has 2 fully saturated rings. The van der Waals surface area contributed by atoms with Gasteiger partial charge in [-0.05, 0) is 103 Å². The number of rotatable bonds is 16. The Kier molecular flexibility index (Phi) is 13.5. The quantitative estimate of drug-likeness (QED) is 0.116. The first kappa shape index (κ1) is 42.8. The Morgan fingerprint density at radius 1 is 0.754 bits per heavy atom. The standard InChI is InChI=1S/C48H61N3O5S/c1-36-17-22-41(42(57)33-36)47(45(2,3)51-27-31-56-32-28-51,35-46(4,54)43(52)38-15-11-8-12-16-38)23-24-48(49(5)6,34-37-13-9-7-10-14-37)44(53)39-18-20-40(21-19-39)50-25-29-55-30-26-50/h7-22,54H,23-35H2,1-6H3. The van der Waals surface area contributed by atoms with Gasteiger partial charge in [-0.1, -0.05) is 90.6 Å². The van der Waals surface area contributed by atoms with Crippen molar-refractivity contribution in [1.82, 2.24) is 9.80 Å². The predicted molar refractivity (Wildman–Crippen MR) is 234 cm³/mol. The van der Waals surface area contributed by atoms with Gasteiger partial charge < -0.3 is 19.5 Å². The molecule has 0 bridgehead atoms. The highest BCUT2D eigenvalue weighted by Gasteiger charge is 2.57. The molecule has 2 aliphatic heterocycles. The van der Waals surface area contributed by atoms with E-state index in [2.05, 4.69) is 71.9 Å². The lowest BCUT2D eigenvalue weighted by Gasteiger charge is -2.58. The number of carbonyl (C=O) groups excluding carboxylic acids is 2. The average molecular weight is 792 g/mol. The van der Waals surface area contributed by atoms with E-state index in [-0.39, 0.29) is 18.0 Å². The smallest absolute Gasteiger partial charge is 0.194 e. The molecule has 0 amide bonds. The molecule has 1 aliphatic carbocycles. The number of nitrogens with zero attached hydrogens (tertiary/aromatic N) is 3. The summed E-state index contributed by atoms with van der Waals surface area (Å²) in [7, 11) is 4.01. The van der Waals surface area contributed by atoms with Crippen molar-refractivity contribution in [2.45, 2.75) is 76.5 Å². The van der Waals surface area contributed by atoms with E-state index in [1.165, 1.54) is 0 Å². The van der Waals surface area contributed by atoms with E-state index in [9.17, 15) is 9.90 Å². The Hall–Kier alpha value is -3.83. The second kappa shape index (κ2) is 18.0. The lowest BCUT2D eigenvalue weighted by molar-refractivity contribution is -0.0819. The highest BCUT2D eigenvalue weighted by molar-refractivity contribution is 7.80. The second-order valence-corrected chi connectivity index (χ2v) is 17.6. The molecular weight excluding hydrogens is 731 g/mol. The van der Waals surface area contributed by atoms with Crippen molar-refractivity contribution in [1.29, 1.82) is 0 Å². The van der Waals surface area contributed by atoms with Crippen LogP contribution in [0, 0.1) is 5.41 Å². The van der Waals surface area contributed by atoms with Crippen molar-refractivity contribution in [2.24, 2.45) is 5.41 Å². The molecule has 8 nitrogen and oxygen atoms in total. The van der Waals surface area contributed by atoms with Gasteiger partial charge in [0.15, 0.2) is 11.6 Å². The summed E-state index contributed by atoms with van der Waals surface area (Å²) in [6.45, 7) is 13.7. The molecule has 3 unspecified atom stereocenters. The molecule has 6 rings (SSSR count). The van der Waals surface area contributed by atoms with E-state index in [4.69, 9.17) is 21.7 Å². The number of morpholine rings is 2. The van der Waals surface area contributed by atoms with Crippen LogP contribution in [0.5, 0.6) is 0 Å². The lowest BCUT2D eigenvalue weighted by atomic mass is 9.55. The molecule has 0 radical (unpaired) electrons. The van der Waals surface area contributed by atoms with Crippen molar-refractivity contribution in [3.63, 3.8) is 0 Å². The Bertz CT molecular complexity index is 1930. The third-order valence-electron chi connectivity index (χ3n) is 13.0. The SMILES string of the molecule is CC1=CC=C(C(CCC(Cc2ccccc2)(C(=O)c2ccc(N3CCOCC3)cc2)N(C)C)(CC(C)(O)C(=O)c2ccccc2)C(C)(C)N2CCOCC2)C(=S)C1. The first-order valence-corrected chi connectivity index (χ1v) is 20.9. The maximum atomic E-state index is 15.5. The third-order valence-corrected chi connectivity index (χ3v) is 13.4. The highest BCUT2D eigenvalue weighted by atomic mass is 32.1. The van der Waals surface area contributed by atoms with Crippen LogP contribution in [0.25, 0.3) is 0 Å². The van der Waals surface area contributed by atoms with E-state index in [0.29, 0.717) is 76.3 Å². The van der Waals surface area contributed by atoms with Crippen LogP contribution in [-0.4, -0.2) is 115 Å². The van der Waals surface area contributed by atoms with Crippen molar-refractivity contribution < 1.29 is 24.2 Å². The van der Waals surface area contributed by atoms with E-state index < -0.39 is 22.1 Å². The summed E-state index contributed by atoms with van der Waals surface area (Å²) in [6, 6.07) is 27.3. The van der Waals surface area contributed by atoms with Gasteiger partial charge in [0.1, 0.15) is 5.60 Å². The van der Waals surface area contributed by atoms with Crippen molar-refractivity contribution in [3.05, 3.63) is 125 Å². The van der Waals surface area contributed by atoms with Crippen molar-refractivity contribution in [2.75, 3.05) is 71.6 Å². The summed E-state index contributed by atoms with van der Waals surface area (Å²) in [5.41, 5.74) is 1.07. The summed E-state index contributed by atoms with van der Waals surface area (Å²) in [4.78, 5) is 37.5. The number of hydrogen-bond acceptors (Lipinski definition) is 9. The maximum Gasteiger partial charge on any atom is 0.194 e. The summed E-state index contributed by atoms with van der Waals surface area (Å²) < 4.78 is 11.5. The number of Topliss-reactive ketones (excluding diaryl/α,β-unsaturated/α-hetero) is 2. The van der Waals surface area contributed by atoms with Gasteiger partial charge in [0.25, 0.3) is 0 Å². The lowest BCUT2D eigenvalue weighted by Crippen LogP contribution is -2.64. The van der Waals surface area contributed by atoms with Gasteiger partial charge in [-0.2, -0.15) is 0 Å². The summed E-state index contributed by atoms with van der Waals surface area (Å²) >= 11 is 6.32. The molecule has 0 spiro atoms. The first-order valence-electron chi connectivity index (χ1n) is 20.5. The van der Waals surface area contributed by atoms with Crippen LogP contribution < -0.4 is 4.90 Å². The number of ether oxygens (including phenoxy) is 2. The number of hydrogen-bond donors (Lipinski definition) is 1. The number of benzene rings is 3. The molecular formula is C48H61N3O5S. The van der Waals surface area contributed by atoms with E-state index in [1.54, 1.807) is 19.1 Å². The molecule has 3 aliphatic rings. The number of anilines is 1. The average Bonchev–Trinajstić information content (AvgIpc) is 3.22. The normalized spacial score (nSPS) is 20.2. The van der Waals surface area contributed by atoms with Gasteiger partial charge in [0.2, 0.25) is 0 Å². The molecule has 0 saturated carbocycles. The van der Waals surface area contributed by atoms with Crippen LogP contribution in [-0.2, 0) is 15.9 Å². The molecule has 1 N–H and O–H groups in total. The molecule has 3 aromatic carbocycles. The summed E-state index contributed by atoms with van der Waals surface area (Å²) in [5, 5.41) is 12.6. The van der Waals surface area contributed by atoms with Crippen LogP contribution in [0.15, 0.2) is 108 Å². The summed E-state index contributed by atoms with van der Waals surface area (Å²) in [5.74, 6) is -0.301. The Balaban J connectivity index is 1.51. The van der Waals surface area contributed by atoms with E-state index in [1.807, 2.05) is 62.6 Å². The van der Waals surface area contributed by atoms with Crippen LogP contribution in [0.2, 0.25) is 0 Å². The third kappa shape index (κ3) is 9.09. The number of aliphatic hydroxyl groups is 1. The number of ketones is 2. The van der Waals surface area contributed by atoms with E-state index in [0.717, 1.165) is 40.4 Å². The minimum Gasteiger partial charge on any atom is -0.382 e. The Labute approximate surface area is 345 Å². The predicted octanol–water partition coefficient (Wildman–Crippen LogP) is 7.80.